The standard InChI is InChI=1S/C24H29N3O4S2/c1-17-10-12-26(13-11-17)33(30,31)20-8-9-22-21(14-20)27(24(29)16-32-22)15-23(28)25-18(2)19-6-4-3-5-7-19/h3-9,14,17-18H,10-13,15-16H2,1-2H3,(H,25,28). The maximum absolute atomic E-state index is 13.2. The molecule has 1 fully saturated rings. The lowest BCUT2D eigenvalue weighted by molar-refractivity contribution is -0.123. The second-order valence-electron chi connectivity index (χ2n) is 8.68. The molecule has 4 rings (SSSR count). The predicted molar refractivity (Wildman–Crippen MR) is 130 cm³/mol. The number of fused-ring (bicyclic) bond motifs is 1. The molecule has 2 heterocycles. The third-order valence-corrected chi connectivity index (χ3v) is 9.17. The Labute approximate surface area is 199 Å². The molecule has 2 aromatic carbocycles. The summed E-state index contributed by atoms with van der Waals surface area (Å²) in [7, 11) is -3.66. The number of thioether (sulfide) groups is 1. The summed E-state index contributed by atoms with van der Waals surface area (Å²) >= 11 is 1.36. The summed E-state index contributed by atoms with van der Waals surface area (Å²) in [5, 5.41) is 2.93. The molecular weight excluding hydrogens is 458 g/mol. The molecule has 7 nitrogen and oxygen atoms in total. The van der Waals surface area contributed by atoms with Gasteiger partial charge in [0, 0.05) is 18.0 Å². The second kappa shape index (κ2) is 9.87. The molecule has 2 aliphatic rings. The fraction of sp³-hybridized carbons (Fsp3) is 0.417. The molecule has 1 saturated heterocycles. The monoisotopic (exact) mass is 487 g/mol. The van der Waals surface area contributed by atoms with Crippen LogP contribution in [0.2, 0.25) is 0 Å². The minimum absolute atomic E-state index is 0.158. The molecule has 1 unspecified atom stereocenters. The highest BCUT2D eigenvalue weighted by Crippen LogP contribution is 2.37. The van der Waals surface area contributed by atoms with Crippen LogP contribution in [0.25, 0.3) is 0 Å². The van der Waals surface area contributed by atoms with Crippen molar-refractivity contribution in [3.63, 3.8) is 0 Å². The Kier molecular flexibility index (Phi) is 7.11. The van der Waals surface area contributed by atoms with Crippen molar-refractivity contribution in [3.8, 4) is 0 Å². The summed E-state index contributed by atoms with van der Waals surface area (Å²) in [6.45, 7) is 4.86. The number of sulfonamides is 1. The van der Waals surface area contributed by atoms with Crippen molar-refractivity contribution < 1.29 is 18.0 Å². The zero-order valence-electron chi connectivity index (χ0n) is 18.9. The zero-order valence-corrected chi connectivity index (χ0v) is 20.5. The fourth-order valence-corrected chi connectivity index (χ4v) is 6.55. The minimum atomic E-state index is -3.66. The van der Waals surface area contributed by atoms with Crippen LogP contribution in [0.3, 0.4) is 0 Å². The van der Waals surface area contributed by atoms with Crippen LogP contribution in [-0.4, -0.2) is 49.9 Å². The Morgan fingerprint density at radius 3 is 2.55 bits per heavy atom. The SMILES string of the molecule is CC1CCN(S(=O)(=O)c2ccc3c(c2)N(CC(=O)NC(C)c2ccccc2)C(=O)CS3)CC1. The number of rotatable bonds is 6. The van der Waals surface area contributed by atoms with Gasteiger partial charge in [0.2, 0.25) is 21.8 Å². The molecule has 33 heavy (non-hydrogen) atoms. The van der Waals surface area contributed by atoms with Crippen molar-refractivity contribution >= 4 is 39.3 Å². The maximum atomic E-state index is 13.2. The van der Waals surface area contributed by atoms with Gasteiger partial charge in [0.1, 0.15) is 6.54 Å². The van der Waals surface area contributed by atoms with Gasteiger partial charge < -0.3 is 10.2 Å². The molecule has 176 valence electrons. The molecular formula is C24H29N3O4S2. The number of carbonyl (C=O) groups excluding carboxylic acids is 2. The number of nitrogens with one attached hydrogen (secondary N) is 1. The van der Waals surface area contributed by atoms with E-state index in [1.165, 1.54) is 21.0 Å². The smallest absolute Gasteiger partial charge is 0.243 e. The van der Waals surface area contributed by atoms with E-state index in [1.807, 2.05) is 37.3 Å². The van der Waals surface area contributed by atoms with Gasteiger partial charge in [0.05, 0.1) is 22.4 Å². The van der Waals surface area contributed by atoms with Crippen LogP contribution < -0.4 is 10.2 Å². The summed E-state index contributed by atoms with van der Waals surface area (Å²) in [6.07, 6.45) is 1.68. The molecule has 2 amide bonds. The van der Waals surface area contributed by atoms with Crippen LogP contribution in [0.4, 0.5) is 5.69 Å². The van der Waals surface area contributed by atoms with Crippen LogP contribution in [0.15, 0.2) is 58.3 Å². The van der Waals surface area contributed by atoms with Crippen molar-refractivity contribution in [3.05, 3.63) is 54.1 Å². The zero-order chi connectivity index (χ0) is 23.6. The molecule has 2 aliphatic heterocycles. The molecule has 0 saturated carbocycles. The first kappa shape index (κ1) is 23.8. The molecule has 0 bridgehead atoms. The van der Waals surface area contributed by atoms with Crippen molar-refractivity contribution in [2.24, 2.45) is 5.92 Å². The summed E-state index contributed by atoms with van der Waals surface area (Å²) < 4.78 is 28.0. The highest BCUT2D eigenvalue weighted by atomic mass is 32.2. The van der Waals surface area contributed by atoms with Gasteiger partial charge in [-0.25, -0.2) is 8.42 Å². The van der Waals surface area contributed by atoms with E-state index in [-0.39, 0.29) is 35.0 Å². The Balaban J connectivity index is 1.54. The number of amides is 2. The quantitative estimate of drug-likeness (QED) is 0.675. The van der Waals surface area contributed by atoms with Crippen molar-refractivity contribution in [1.82, 2.24) is 9.62 Å². The van der Waals surface area contributed by atoms with E-state index in [0.29, 0.717) is 24.7 Å². The summed E-state index contributed by atoms with van der Waals surface area (Å²) in [5.74, 6) is 0.221. The Morgan fingerprint density at radius 1 is 1.15 bits per heavy atom. The molecule has 9 heteroatoms. The van der Waals surface area contributed by atoms with Crippen molar-refractivity contribution in [2.75, 3.05) is 30.3 Å². The molecule has 0 radical (unpaired) electrons. The Bertz CT molecular complexity index is 1130. The number of benzene rings is 2. The van der Waals surface area contributed by atoms with Crippen molar-refractivity contribution in [1.29, 1.82) is 0 Å². The minimum Gasteiger partial charge on any atom is -0.348 e. The van der Waals surface area contributed by atoms with Gasteiger partial charge >= 0.3 is 0 Å². The van der Waals surface area contributed by atoms with E-state index in [1.54, 1.807) is 18.2 Å². The number of hydrogen-bond acceptors (Lipinski definition) is 5. The average molecular weight is 488 g/mol. The first-order valence-electron chi connectivity index (χ1n) is 11.2. The molecule has 1 N–H and O–H groups in total. The first-order chi connectivity index (χ1) is 15.8. The second-order valence-corrected chi connectivity index (χ2v) is 11.6. The summed E-state index contributed by atoms with van der Waals surface area (Å²) in [5.41, 5.74) is 1.45. The van der Waals surface area contributed by atoms with Crippen LogP contribution >= 0.6 is 11.8 Å². The normalized spacial score (nSPS) is 18.6. The fourth-order valence-electron chi connectivity index (χ4n) is 4.15. The van der Waals surface area contributed by atoms with Gasteiger partial charge in [-0.2, -0.15) is 4.31 Å². The number of anilines is 1. The van der Waals surface area contributed by atoms with Crippen LogP contribution in [0.1, 0.15) is 38.3 Å². The average Bonchev–Trinajstić information content (AvgIpc) is 2.81. The molecule has 1 atom stereocenters. The van der Waals surface area contributed by atoms with Gasteiger partial charge in [-0.15, -0.1) is 11.8 Å². The Hall–Kier alpha value is -2.36. The van der Waals surface area contributed by atoms with Crippen LogP contribution in [0.5, 0.6) is 0 Å². The lowest BCUT2D eigenvalue weighted by Crippen LogP contribution is -2.44. The van der Waals surface area contributed by atoms with Crippen LogP contribution in [-0.2, 0) is 19.6 Å². The highest BCUT2D eigenvalue weighted by molar-refractivity contribution is 8.00. The third kappa shape index (κ3) is 5.26. The van der Waals surface area contributed by atoms with E-state index in [2.05, 4.69) is 12.2 Å². The number of carbonyl (C=O) groups is 2. The molecule has 0 spiro atoms. The summed E-state index contributed by atoms with van der Waals surface area (Å²) in [6, 6.07) is 14.3. The van der Waals surface area contributed by atoms with Gasteiger partial charge in [-0.1, -0.05) is 37.3 Å². The van der Waals surface area contributed by atoms with Gasteiger partial charge in [0.25, 0.3) is 0 Å². The maximum Gasteiger partial charge on any atom is 0.243 e. The molecule has 0 aromatic heterocycles. The van der Waals surface area contributed by atoms with Crippen molar-refractivity contribution in [2.45, 2.75) is 42.5 Å². The molecule has 0 aliphatic carbocycles. The van der Waals surface area contributed by atoms with Gasteiger partial charge in [-0.05, 0) is 49.4 Å². The number of hydrogen-bond donors (Lipinski definition) is 1. The van der Waals surface area contributed by atoms with E-state index in [4.69, 9.17) is 0 Å². The largest absolute Gasteiger partial charge is 0.348 e. The van der Waals surface area contributed by atoms with Gasteiger partial charge in [0.15, 0.2) is 0 Å². The van der Waals surface area contributed by atoms with E-state index in [0.717, 1.165) is 23.3 Å². The predicted octanol–water partition coefficient (Wildman–Crippen LogP) is 3.42. The first-order valence-corrected chi connectivity index (χ1v) is 13.6. The van der Waals surface area contributed by atoms with Crippen LogP contribution in [0, 0.1) is 5.92 Å². The van der Waals surface area contributed by atoms with E-state index >= 15 is 0 Å². The lowest BCUT2D eigenvalue weighted by Gasteiger charge is -2.31. The summed E-state index contributed by atoms with van der Waals surface area (Å²) in [4.78, 5) is 27.8. The Morgan fingerprint density at radius 2 is 1.85 bits per heavy atom. The number of piperidine rings is 1. The lowest BCUT2D eigenvalue weighted by atomic mass is 10.0. The molecule has 2 aromatic rings. The number of nitrogens with zero attached hydrogens (tertiary/aromatic N) is 2. The topological polar surface area (TPSA) is 86.8 Å². The van der Waals surface area contributed by atoms with E-state index < -0.39 is 10.0 Å². The third-order valence-electron chi connectivity index (χ3n) is 6.23. The van der Waals surface area contributed by atoms with Gasteiger partial charge in [-0.3, -0.25) is 9.59 Å². The van der Waals surface area contributed by atoms with E-state index in [9.17, 15) is 18.0 Å². The highest BCUT2D eigenvalue weighted by Gasteiger charge is 2.32.